The molecule has 0 aliphatic carbocycles. The summed E-state index contributed by atoms with van der Waals surface area (Å²) in [6, 6.07) is 18.1. The fourth-order valence-electron chi connectivity index (χ4n) is 3.46. The second-order valence-electron chi connectivity index (χ2n) is 5.78. The standard InChI is InChI=1S/C19H20N2/c1-3-9-18-15(6-1)11-12-16-7-2-4-10-19(16)21(18)17-8-5-13-20-14-17/h1-10,17,20H,11-14H2. The highest BCUT2D eigenvalue weighted by atomic mass is 15.2. The first-order chi connectivity index (χ1) is 10.4. The molecule has 0 radical (unpaired) electrons. The molecule has 0 spiro atoms. The molecule has 4 rings (SSSR count). The molecule has 1 unspecified atom stereocenters. The maximum absolute atomic E-state index is 3.49. The number of nitrogens with zero attached hydrogens (tertiary/aromatic N) is 1. The van der Waals surface area contributed by atoms with Gasteiger partial charge in [0.2, 0.25) is 0 Å². The molecule has 0 saturated carbocycles. The molecule has 0 fully saturated rings. The highest BCUT2D eigenvalue weighted by Gasteiger charge is 2.25. The summed E-state index contributed by atoms with van der Waals surface area (Å²) in [5.41, 5.74) is 5.63. The van der Waals surface area contributed by atoms with Gasteiger partial charge in [-0.1, -0.05) is 48.6 Å². The van der Waals surface area contributed by atoms with Gasteiger partial charge in [-0.15, -0.1) is 0 Å². The molecule has 2 nitrogen and oxygen atoms in total. The van der Waals surface area contributed by atoms with Crippen molar-refractivity contribution in [1.82, 2.24) is 5.32 Å². The number of nitrogens with one attached hydrogen (secondary N) is 1. The van der Waals surface area contributed by atoms with Crippen LogP contribution in [0, 0.1) is 0 Å². The molecule has 2 aliphatic rings. The first-order valence-corrected chi connectivity index (χ1v) is 7.76. The lowest BCUT2D eigenvalue weighted by atomic mass is 10.0. The zero-order valence-electron chi connectivity index (χ0n) is 12.1. The lowest BCUT2D eigenvalue weighted by Gasteiger charge is -2.35. The number of rotatable bonds is 1. The summed E-state index contributed by atoms with van der Waals surface area (Å²) >= 11 is 0. The molecule has 2 aromatic rings. The SMILES string of the molecule is C1=CC(N2c3ccccc3CCc3ccccc32)CNC1. The van der Waals surface area contributed by atoms with Crippen LogP contribution in [0.2, 0.25) is 0 Å². The van der Waals surface area contributed by atoms with Crippen molar-refractivity contribution in [1.29, 1.82) is 0 Å². The summed E-state index contributed by atoms with van der Waals surface area (Å²) < 4.78 is 0. The normalized spacial score (nSPS) is 20.6. The Kier molecular flexibility index (Phi) is 3.24. The Morgan fingerprint density at radius 3 is 2.05 bits per heavy atom. The molecule has 0 saturated heterocycles. The van der Waals surface area contributed by atoms with Crippen molar-refractivity contribution >= 4 is 11.4 Å². The summed E-state index contributed by atoms with van der Waals surface area (Å²) in [7, 11) is 0. The van der Waals surface area contributed by atoms with Crippen LogP contribution in [0.3, 0.4) is 0 Å². The van der Waals surface area contributed by atoms with Gasteiger partial charge in [-0.05, 0) is 36.1 Å². The van der Waals surface area contributed by atoms with E-state index in [1.807, 2.05) is 0 Å². The van der Waals surface area contributed by atoms with E-state index >= 15 is 0 Å². The number of aryl methyl sites for hydroxylation is 2. The molecule has 2 heteroatoms. The summed E-state index contributed by atoms with van der Waals surface area (Å²) in [5.74, 6) is 0. The fraction of sp³-hybridized carbons (Fsp3) is 0.263. The number of para-hydroxylation sites is 2. The number of fused-ring (bicyclic) bond motifs is 2. The first-order valence-electron chi connectivity index (χ1n) is 7.76. The minimum absolute atomic E-state index is 0.388. The summed E-state index contributed by atoms with van der Waals surface area (Å²) in [6.07, 6.45) is 6.82. The Hall–Kier alpha value is -2.06. The predicted octanol–water partition coefficient (Wildman–Crippen LogP) is 3.45. The average Bonchev–Trinajstić information content (AvgIpc) is 2.72. The molecule has 2 aliphatic heterocycles. The van der Waals surface area contributed by atoms with Gasteiger partial charge < -0.3 is 10.2 Å². The molecular weight excluding hydrogens is 256 g/mol. The van der Waals surface area contributed by atoms with Gasteiger partial charge >= 0.3 is 0 Å². The minimum Gasteiger partial charge on any atom is -0.333 e. The van der Waals surface area contributed by atoms with E-state index in [4.69, 9.17) is 0 Å². The Morgan fingerprint density at radius 2 is 1.48 bits per heavy atom. The summed E-state index contributed by atoms with van der Waals surface area (Å²) in [6.45, 7) is 1.98. The molecular formula is C19H20N2. The molecule has 1 N–H and O–H groups in total. The Balaban J connectivity index is 1.89. The molecule has 0 aromatic heterocycles. The van der Waals surface area contributed by atoms with Crippen LogP contribution >= 0.6 is 0 Å². The summed E-state index contributed by atoms with van der Waals surface area (Å²) in [4.78, 5) is 2.51. The van der Waals surface area contributed by atoms with Crippen molar-refractivity contribution in [3.8, 4) is 0 Å². The van der Waals surface area contributed by atoms with E-state index in [1.54, 1.807) is 0 Å². The second-order valence-corrected chi connectivity index (χ2v) is 5.78. The zero-order chi connectivity index (χ0) is 14.1. The highest BCUT2D eigenvalue weighted by molar-refractivity contribution is 5.72. The molecule has 2 aromatic carbocycles. The van der Waals surface area contributed by atoms with Gasteiger partial charge in [-0.3, -0.25) is 0 Å². The Labute approximate surface area is 126 Å². The van der Waals surface area contributed by atoms with Crippen molar-refractivity contribution in [2.45, 2.75) is 18.9 Å². The van der Waals surface area contributed by atoms with Gasteiger partial charge in [-0.25, -0.2) is 0 Å². The molecule has 21 heavy (non-hydrogen) atoms. The lowest BCUT2D eigenvalue weighted by Crippen LogP contribution is -2.41. The van der Waals surface area contributed by atoms with Crippen molar-refractivity contribution in [3.63, 3.8) is 0 Å². The largest absolute Gasteiger partial charge is 0.333 e. The van der Waals surface area contributed by atoms with Crippen LogP contribution in [0.15, 0.2) is 60.7 Å². The predicted molar refractivity (Wildman–Crippen MR) is 88.2 cm³/mol. The van der Waals surface area contributed by atoms with Crippen molar-refractivity contribution < 1.29 is 0 Å². The molecule has 0 bridgehead atoms. The van der Waals surface area contributed by atoms with Crippen molar-refractivity contribution in [2.75, 3.05) is 18.0 Å². The third kappa shape index (κ3) is 2.26. The van der Waals surface area contributed by atoms with Crippen LogP contribution in [0.4, 0.5) is 11.4 Å². The van der Waals surface area contributed by atoms with Gasteiger partial charge in [-0.2, -0.15) is 0 Å². The van der Waals surface area contributed by atoms with Crippen LogP contribution in [0.5, 0.6) is 0 Å². The van der Waals surface area contributed by atoms with Gasteiger partial charge in [0.25, 0.3) is 0 Å². The monoisotopic (exact) mass is 276 g/mol. The van der Waals surface area contributed by atoms with Gasteiger partial charge in [0.05, 0.1) is 6.04 Å². The lowest BCUT2D eigenvalue weighted by molar-refractivity contribution is 0.640. The van der Waals surface area contributed by atoms with E-state index in [0.717, 1.165) is 25.9 Å². The smallest absolute Gasteiger partial charge is 0.0647 e. The maximum Gasteiger partial charge on any atom is 0.0647 e. The van der Waals surface area contributed by atoms with Crippen LogP contribution in [0.25, 0.3) is 0 Å². The molecule has 106 valence electrons. The van der Waals surface area contributed by atoms with E-state index in [9.17, 15) is 0 Å². The molecule has 1 atom stereocenters. The van der Waals surface area contributed by atoms with E-state index in [1.165, 1.54) is 22.5 Å². The third-order valence-electron chi connectivity index (χ3n) is 4.47. The summed E-state index contributed by atoms with van der Waals surface area (Å²) in [5, 5.41) is 3.49. The van der Waals surface area contributed by atoms with Gasteiger partial charge in [0.15, 0.2) is 0 Å². The van der Waals surface area contributed by atoms with Crippen LogP contribution in [-0.4, -0.2) is 19.1 Å². The molecule has 0 amide bonds. The fourth-order valence-corrected chi connectivity index (χ4v) is 3.46. The van der Waals surface area contributed by atoms with Gasteiger partial charge in [0, 0.05) is 24.5 Å². The second kappa shape index (κ2) is 5.38. The topological polar surface area (TPSA) is 15.3 Å². The number of benzene rings is 2. The van der Waals surface area contributed by atoms with E-state index < -0.39 is 0 Å². The highest BCUT2D eigenvalue weighted by Crippen LogP contribution is 2.37. The minimum atomic E-state index is 0.388. The number of hydrogen-bond donors (Lipinski definition) is 1. The van der Waals surface area contributed by atoms with E-state index in [0.29, 0.717) is 6.04 Å². The third-order valence-corrected chi connectivity index (χ3v) is 4.47. The van der Waals surface area contributed by atoms with E-state index in [-0.39, 0.29) is 0 Å². The maximum atomic E-state index is 3.49. The number of anilines is 2. The van der Waals surface area contributed by atoms with Crippen LogP contribution in [-0.2, 0) is 12.8 Å². The zero-order valence-corrected chi connectivity index (χ0v) is 12.1. The van der Waals surface area contributed by atoms with E-state index in [2.05, 4.69) is 70.9 Å². The molecule has 2 heterocycles. The van der Waals surface area contributed by atoms with Crippen molar-refractivity contribution in [2.24, 2.45) is 0 Å². The van der Waals surface area contributed by atoms with Crippen molar-refractivity contribution in [3.05, 3.63) is 71.8 Å². The Morgan fingerprint density at radius 1 is 0.857 bits per heavy atom. The van der Waals surface area contributed by atoms with Crippen LogP contribution in [0.1, 0.15) is 11.1 Å². The quantitative estimate of drug-likeness (QED) is 0.803. The van der Waals surface area contributed by atoms with Gasteiger partial charge in [0.1, 0.15) is 0 Å². The van der Waals surface area contributed by atoms with Crippen LogP contribution < -0.4 is 10.2 Å². The number of hydrogen-bond acceptors (Lipinski definition) is 2. The average molecular weight is 276 g/mol. The first kappa shape index (κ1) is 12.7. The Bertz CT molecular complexity index is 627.